The first-order chi connectivity index (χ1) is 12.5. The summed E-state index contributed by atoms with van der Waals surface area (Å²) in [5.41, 5.74) is -2.80. The number of rotatable bonds is 2. The van der Waals surface area contributed by atoms with Crippen molar-refractivity contribution in [1.29, 1.82) is 0 Å². The van der Waals surface area contributed by atoms with E-state index in [0.29, 0.717) is 0 Å². The van der Waals surface area contributed by atoms with Crippen LogP contribution in [0.5, 0.6) is 0 Å². The lowest BCUT2D eigenvalue weighted by atomic mass is 9.84. The highest BCUT2D eigenvalue weighted by atomic mass is 19.4. The second-order valence-electron chi connectivity index (χ2n) is 7.13. The molecule has 1 aromatic heterocycles. The molecule has 1 aliphatic rings. The summed E-state index contributed by atoms with van der Waals surface area (Å²) in [6, 6.07) is 4.31. The van der Waals surface area contributed by atoms with Gasteiger partial charge in [0.25, 0.3) is 0 Å². The minimum atomic E-state index is -4.82. The Kier molecular flexibility index (Phi) is 5.14. The molecule has 1 saturated heterocycles. The largest absolute Gasteiger partial charge is 0.433 e. The van der Waals surface area contributed by atoms with Crippen molar-refractivity contribution in [3.8, 4) is 0 Å². The zero-order valence-electron chi connectivity index (χ0n) is 15.0. The average molecular weight is 390 g/mol. The summed E-state index contributed by atoms with van der Waals surface area (Å²) in [5.74, 6) is -0.356. The number of halogens is 6. The maximum Gasteiger partial charge on any atom is 0.433 e. The molecule has 0 unspecified atom stereocenters. The topological polar surface area (TPSA) is 16.1 Å². The molecule has 0 spiro atoms. The van der Waals surface area contributed by atoms with Crippen LogP contribution in [-0.4, -0.2) is 29.5 Å². The van der Waals surface area contributed by atoms with Crippen molar-refractivity contribution in [3.63, 3.8) is 0 Å². The van der Waals surface area contributed by atoms with Crippen LogP contribution in [0.15, 0.2) is 24.3 Å². The Morgan fingerprint density at radius 1 is 1.07 bits per heavy atom. The van der Waals surface area contributed by atoms with E-state index in [4.69, 9.17) is 0 Å². The van der Waals surface area contributed by atoms with E-state index in [-0.39, 0.29) is 22.9 Å². The summed E-state index contributed by atoms with van der Waals surface area (Å²) in [5, 5.41) is 0.129. The van der Waals surface area contributed by atoms with Gasteiger partial charge in [0.15, 0.2) is 0 Å². The van der Waals surface area contributed by atoms with Crippen LogP contribution in [0, 0.1) is 0 Å². The van der Waals surface area contributed by atoms with Crippen molar-refractivity contribution in [1.82, 2.24) is 9.88 Å². The van der Waals surface area contributed by atoms with E-state index in [9.17, 15) is 26.3 Å². The van der Waals surface area contributed by atoms with E-state index >= 15 is 0 Å². The number of pyridine rings is 1. The van der Waals surface area contributed by atoms with Gasteiger partial charge in [0.2, 0.25) is 0 Å². The number of likely N-dealkylation sites (N-methyl/N-ethyl adjacent to an activating group) is 1. The molecule has 1 aliphatic heterocycles. The molecule has 2 heterocycles. The minimum absolute atomic E-state index is 0.0278. The number of piperidine rings is 1. The van der Waals surface area contributed by atoms with Crippen LogP contribution >= 0.6 is 0 Å². The fourth-order valence-corrected chi connectivity index (χ4v) is 3.97. The molecule has 148 valence electrons. The number of fused-ring (bicyclic) bond motifs is 1. The van der Waals surface area contributed by atoms with Gasteiger partial charge in [-0.1, -0.05) is 25.5 Å². The van der Waals surface area contributed by atoms with Crippen LogP contribution in [0.2, 0.25) is 0 Å². The molecule has 0 bridgehead atoms. The SMILES string of the molecule is C[C@H](c1cc(C(F)(F)F)nc2c(C(F)(F)F)cccc12)[C@@H]1CCCCN1C. The molecule has 0 amide bonds. The molecular weight excluding hydrogens is 370 g/mol. The van der Waals surface area contributed by atoms with Crippen molar-refractivity contribution in [3.05, 3.63) is 41.1 Å². The average Bonchev–Trinajstić information content (AvgIpc) is 2.58. The smallest absolute Gasteiger partial charge is 0.303 e. The summed E-state index contributed by atoms with van der Waals surface area (Å²) < 4.78 is 80.2. The van der Waals surface area contributed by atoms with Crippen molar-refractivity contribution < 1.29 is 26.3 Å². The number of aromatic nitrogens is 1. The molecule has 0 N–H and O–H groups in total. The molecule has 0 radical (unpaired) electrons. The number of para-hydroxylation sites is 1. The maximum absolute atomic E-state index is 13.4. The molecule has 0 aliphatic carbocycles. The van der Waals surface area contributed by atoms with Gasteiger partial charge in [0, 0.05) is 11.4 Å². The van der Waals surface area contributed by atoms with Gasteiger partial charge >= 0.3 is 12.4 Å². The molecule has 1 fully saturated rings. The fourth-order valence-electron chi connectivity index (χ4n) is 3.97. The lowest BCUT2D eigenvalue weighted by Crippen LogP contribution is -2.39. The molecular formula is C19H20F6N2. The normalized spacial score (nSPS) is 20.8. The van der Waals surface area contributed by atoms with Crippen molar-refractivity contribution in [2.75, 3.05) is 13.6 Å². The van der Waals surface area contributed by atoms with Crippen LogP contribution in [0.4, 0.5) is 26.3 Å². The number of benzene rings is 1. The third-order valence-corrected chi connectivity index (χ3v) is 5.36. The number of hydrogen-bond donors (Lipinski definition) is 0. The first-order valence-electron chi connectivity index (χ1n) is 8.78. The standard InChI is InChI=1S/C19H20F6N2/c1-11(15-8-3-4-9-27(15)2)13-10-16(19(23,24)25)26-17-12(13)6-5-7-14(17)18(20,21)22/h5-7,10-11,15H,3-4,8-9H2,1-2H3/t11-,15+/m1/s1. The Labute approximate surface area is 153 Å². The van der Waals surface area contributed by atoms with E-state index in [2.05, 4.69) is 9.88 Å². The molecule has 27 heavy (non-hydrogen) atoms. The summed E-state index contributed by atoms with van der Waals surface area (Å²) in [6.07, 6.45) is -6.86. The molecule has 2 aromatic rings. The van der Waals surface area contributed by atoms with Gasteiger partial charge in [-0.05, 0) is 50.0 Å². The Bertz CT molecular complexity index is 827. The van der Waals surface area contributed by atoms with E-state index in [1.165, 1.54) is 12.1 Å². The van der Waals surface area contributed by atoms with Crippen molar-refractivity contribution in [2.45, 2.75) is 50.5 Å². The Morgan fingerprint density at radius 3 is 2.37 bits per heavy atom. The Balaban J connectivity index is 2.24. The van der Waals surface area contributed by atoms with Crippen LogP contribution in [0.25, 0.3) is 10.9 Å². The highest BCUT2D eigenvalue weighted by Gasteiger charge is 2.38. The quantitative estimate of drug-likeness (QED) is 0.597. The van der Waals surface area contributed by atoms with Crippen LogP contribution in [-0.2, 0) is 12.4 Å². The summed E-state index contributed by atoms with van der Waals surface area (Å²) in [4.78, 5) is 5.43. The van der Waals surface area contributed by atoms with Crippen molar-refractivity contribution in [2.24, 2.45) is 0 Å². The van der Waals surface area contributed by atoms with Gasteiger partial charge in [0.05, 0.1) is 11.1 Å². The zero-order chi connectivity index (χ0) is 20.0. The highest BCUT2D eigenvalue weighted by molar-refractivity contribution is 5.86. The molecule has 2 atom stereocenters. The monoisotopic (exact) mass is 390 g/mol. The van der Waals surface area contributed by atoms with Gasteiger partial charge in [-0.3, -0.25) is 0 Å². The molecule has 8 heteroatoms. The van der Waals surface area contributed by atoms with Gasteiger partial charge in [-0.25, -0.2) is 4.98 Å². The third-order valence-electron chi connectivity index (χ3n) is 5.36. The Hall–Kier alpha value is -1.83. The van der Waals surface area contributed by atoms with E-state index in [0.717, 1.165) is 37.9 Å². The second-order valence-corrected chi connectivity index (χ2v) is 7.13. The first kappa shape index (κ1) is 19.9. The number of likely N-dealkylation sites (tertiary alicyclic amines) is 1. The zero-order valence-corrected chi connectivity index (χ0v) is 15.0. The third kappa shape index (κ3) is 3.90. The lowest BCUT2D eigenvalue weighted by molar-refractivity contribution is -0.142. The Morgan fingerprint density at radius 2 is 1.78 bits per heavy atom. The first-order valence-corrected chi connectivity index (χ1v) is 8.78. The van der Waals surface area contributed by atoms with Crippen LogP contribution in [0.3, 0.4) is 0 Å². The molecule has 0 saturated carbocycles. The van der Waals surface area contributed by atoms with Gasteiger partial charge in [0.1, 0.15) is 5.69 Å². The predicted octanol–water partition coefficient (Wildman–Crippen LogP) is 5.86. The van der Waals surface area contributed by atoms with Gasteiger partial charge in [-0.15, -0.1) is 0 Å². The molecule has 1 aromatic carbocycles. The van der Waals surface area contributed by atoms with Crippen molar-refractivity contribution >= 4 is 10.9 Å². The number of alkyl halides is 6. The molecule has 3 rings (SSSR count). The second kappa shape index (κ2) is 6.96. The van der Waals surface area contributed by atoms with E-state index < -0.39 is 29.1 Å². The predicted molar refractivity (Wildman–Crippen MR) is 90.4 cm³/mol. The maximum atomic E-state index is 13.4. The van der Waals surface area contributed by atoms with E-state index in [1.54, 1.807) is 6.92 Å². The van der Waals surface area contributed by atoms with Gasteiger partial charge in [-0.2, -0.15) is 26.3 Å². The van der Waals surface area contributed by atoms with Crippen LogP contribution < -0.4 is 0 Å². The van der Waals surface area contributed by atoms with Crippen LogP contribution in [0.1, 0.15) is 48.9 Å². The van der Waals surface area contributed by atoms with E-state index in [1.807, 2.05) is 7.05 Å². The number of nitrogens with zero attached hydrogens (tertiary/aromatic N) is 2. The summed E-state index contributed by atoms with van der Waals surface area (Å²) in [6.45, 7) is 2.60. The number of hydrogen-bond acceptors (Lipinski definition) is 2. The molecule has 2 nitrogen and oxygen atoms in total. The van der Waals surface area contributed by atoms with Gasteiger partial charge < -0.3 is 4.90 Å². The lowest BCUT2D eigenvalue weighted by Gasteiger charge is -2.37. The summed E-state index contributed by atoms with van der Waals surface area (Å²) >= 11 is 0. The highest BCUT2D eigenvalue weighted by Crippen LogP contribution is 2.41. The fraction of sp³-hybridized carbons (Fsp3) is 0.526. The summed E-state index contributed by atoms with van der Waals surface area (Å²) in [7, 11) is 1.90. The minimum Gasteiger partial charge on any atom is -0.303 e.